The van der Waals surface area contributed by atoms with Crippen LogP contribution in [0.1, 0.15) is 32.6 Å². The molecule has 1 aromatic rings. The summed E-state index contributed by atoms with van der Waals surface area (Å²) in [5.74, 6) is 0.966. The second kappa shape index (κ2) is 7.23. The van der Waals surface area contributed by atoms with Gasteiger partial charge in [-0.05, 0) is 19.0 Å². The van der Waals surface area contributed by atoms with Crippen LogP contribution in [0.2, 0.25) is 25.7 Å². The molecule has 1 unspecified atom stereocenters. The molecule has 0 N–H and O–H groups in total. The maximum Gasteiger partial charge on any atom is 0.246 e. The molecule has 24 heavy (non-hydrogen) atoms. The zero-order chi connectivity index (χ0) is 18.0. The lowest BCUT2D eigenvalue weighted by Crippen LogP contribution is -2.58. The predicted octanol–water partition coefficient (Wildman–Crippen LogP) is 3.68. The number of hydrogen-bond acceptors (Lipinski definition) is 3. The van der Waals surface area contributed by atoms with Gasteiger partial charge in [-0.1, -0.05) is 39.6 Å². The van der Waals surface area contributed by atoms with Crippen molar-refractivity contribution in [1.82, 2.24) is 14.5 Å². The van der Waals surface area contributed by atoms with Crippen LogP contribution in [0, 0.1) is 5.41 Å². The van der Waals surface area contributed by atoms with Gasteiger partial charge in [-0.2, -0.15) is 0 Å². The normalized spacial score (nSPS) is 20.4. The molecule has 0 radical (unpaired) electrons. The number of nitrogens with zero attached hydrogens (tertiary/aromatic N) is 3. The van der Waals surface area contributed by atoms with Crippen LogP contribution >= 0.6 is 0 Å². The van der Waals surface area contributed by atoms with Gasteiger partial charge in [-0.15, -0.1) is 0 Å². The van der Waals surface area contributed by atoms with Crippen LogP contribution in [0.5, 0.6) is 0 Å². The van der Waals surface area contributed by atoms with Crippen molar-refractivity contribution in [3.63, 3.8) is 0 Å². The molecule has 2 heterocycles. The predicted molar refractivity (Wildman–Crippen MR) is 99.4 cm³/mol. The van der Waals surface area contributed by atoms with Crippen molar-refractivity contribution in [3.05, 3.63) is 30.4 Å². The largest absolute Gasteiger partial charge is 0.361 e. The third kappa shape index (κ3) is 4.36. The summed E-state index contributed by atoms with van der Waals surface area (Å²) in [6.07, 6.45) is 7.15. The monoisotopic (exact) mass is 349 g/mol. The molecular formula is C18H31N3O2Si. The summed E-state index contributed by atoms with van der Waals surface area (Å²) >= 11 is 0. The number of aromatic nitrogens is 2. The fourth-order valence-electron chi connectivity index (χ4n) is 3.08. The molecule has 1 aromatic heterocycles. The molecule has 0 spiro atoms. The Labute approximate surface area is 146 Å². The highest BCUT2D eigenvalue weighted by molar-refractivity contribution is 6.76. The lowest BCUT2D eigenvalue weighted by molar-refractivity contribution is -0.147. The maximum atomic E-state index is 12.3. The molecule has 1 amide bonds. The van der Waals surface area contributed by atoms with E-state index in [9.17, 15) is 4.79 Å². The van der Waals surface area contributed by atoms with Crippen molar-refractivity contribution in [1.29, 1.82) is 0 Å². The molecule has 1 saturated heterocycles. The third-order valence-electron chi connectivity index (χ3n) is 4.44. The number of amides is 1. The summed E-state index contributed by atoms with van der Waals surface area (Å²) in [4.78, 5) is 18.7. The first-order chi connectivity index (χ1) is 11.2. The molecule has 0 bridgehead atoms. The van der Waals surface area contributed by atoms with E-state index in [0.717, 1.165) is 25.0 Å². The quantitative estimate of drug-likeness (QED) is 0.428. The topological polar surface area (TPSA) is 47.4 Å². The van der Waals surface area contributed by atoms with Crippen molar-refractivity contribution in [2.45, 2.75) is 59.2 Å². The van der Waals surface area contributed by atoms with Crippen molar-refractivity contribution in [2.24, 2.45) is 5.41 Å². The summed E-state index contributed by atoms with van der Waals surface area (Å²) in [6, 6.07) is 1.15. The van der Waals surface area contributed by atoms with E-state index in [1.165, 1.54) is 0 Å². The Bertz CT molecular complexity index is 602. The van der Waals surface area contributed by atoms with Gasteiger partial charge in [0.1, 0.15) is 12.6 Å². The molecule has 0 saturated carbocycles. The van der Waals surface area contributed by atoms with Crippen molar-refractivity contribution in [2.75, 3.05) is 13.2 Å². The standard InChI is InChI=1S/C18H31N3O2Si/c1-7-8-15(22)21-13-18(2,3)16(21)17-19-9-10-20(17)14-23-11-12-24(4,5)6/h7-10,16H,11-14H2,1-6H3/b8-7+. The highest BCUT2D eigenvalue weighted by Gasteiger charge is 2.50. The van der Waals surface area contributed by atoms with Gasteiger partial charge in [-0.25, -0.2) is 4.98 Å². The van der Waals surface area contributed by atoms with Gasteiger partial charge in [0.25, 0.3) is 0 Å². The van der Waals surface area contributed by atoms with Crippen molar-refractivity contribution < 1.29 is 9.53 Å². The number of carbonyl (C=O) groups excluding carboxylic acids is 1. The Balaban J connectivity index is 2.06. The minimum Gasteiger partial charge on any atom is -0.361 e. The van der Waals surface area contributed by atoms with Gasteiger partial charge in [0.2, 0.25) is 5.91 Å². The van der Waals surface area contributed by atoms with E-state index >= 15 is 0 Å². The molecule has 6 heteroatoms. The molecule has 134 valence electrons. The summed E-state index contributed by atoms with van der Waals surface area (Å²) in [5, 5.41) is 0. The van der Waals surface area contributed by atoms with E-state index < -0.39 is 8.07 Å². The lowest BCUT2D eigenvalue weighted by Gasteiger charge is -2.53. The van der Waals surface area contributed by atoms with Crippen molar-refractivity contribution >= 4 is 14.0 Å². The number of rotatable bonds is 7. The fraction of sp³-hybridized carbons (Fsp3) is 0.667. The molecule has 0 aliphatic carbocycles. The number of imidazole rings is 1. The van der Waals surface area contributed by atoms with Gasteiger partial charge < -0.3 is 14.2 Å². The molecule has 1 aliphatic heterocycles. The van der Waals surface area contributed by atoms with E-state index in [4.69, 9.17) is 4.74 Å². The zero-order valence-electron chi connectivity index (χ0n) is 15.9. The Morgan fingerprint density at radius 2 is 2.17 bits per heavy atom. The van der Waals surface area contributed by atoms with Crippen LogP contribution in [0.15, 0.2) is 24.5 Å². The Morgan fingerprint density at radius 3 is 2.75 bits per heavy atom. The average molecular weight is 350 g/mol. The van der Waals surface area contributed by atoms with Gasteiger partial charge in [0.15, 0.2) is 0 Å². The molecule has 0 aromatic carbocycles. The van der Waals surface area contributed by atoms with Gasteiger partial charge >= 0.3 is 0 Å². The first-order valence-corrected chi connectivity index (χ1v) is 12.4. The average Bonchev–Trinajstić information content (AvgIpc) is 2.88. The van der Waals surface area contributed by atoms with Crippen molar-refractivity contribution in [3.8, 4) is 0 Å². The molecule has 5 nitrogen and oxygen atoms in total. The van der Waals surface area contributed by atoms with Crippen LogP contribution in [0.3, 0.4) is 0 Å². The molecule has 1 aliphatic rings. The number of ether oxygens (including phenoxy) is 1. The number of likely N-dealkylation sites (tertiary alicyclic amines) is 1. The molecular weight excluding hydrogens is 318 g/mol. The second-order valence-corrected chi connectivity index (χ2v) is 14.1. The number of hydrogen-bond donors (Lipinski definition) is 0. The summed E-state index contributed by atoms with van der Waals surface area (Å²) < 4.78 is 7.90. The molecule has 1 fully saturated rings. The summed E-state index contributed by atoms with van der Waals surface area (Å²) in [7, 11) is -1.08. The van der Waals surface area contributed by atoms with Crippen LogP contribution in [0.4, 0.5) is 0 Å². The zero-order valence-corrected chi connectivity index (χ0v) is 16.9. The number of carbonyl (C=O) groups is 1. The minimum atomic E-state index is -1.08. The van der Waals surface area contributed by atoms with E-state index in [0.29, 0.717) is 6.73 Å². The van der Waals surface area contributed by atoms with Crippen LogP contribution in [-0.4, -0.2) is 41.6 Å². The molecule has 2 rings (SSSR count). The smallest absolute Gasteiger partial charge is 0.246 e. The van der Waals surface area contributed by atoms with E-state index in [1.54, 1.807) is 18.3 Å². The Morgan fingerprint density at radius 1 is 1.46 bits per heavy atom. The van der Waals surface area contributed by atoms with E-state index in [1.807, 2.05) is 22.6 Å². The van der Waals surface area contributed by atoms with Crippen LogP contribution in [-0.2, 0) is 16.3 Å². The fourth-order valence-corrected chi connectivity index (χ4v) is 3.83. The third-order valence-corrected chi connectivity index (χ3v) is 6.15. The Kier molecular flexibility index (Phi) is 5.70. The lowest BCUT2D eigenvalue weighted by atomic mass is 9.74. The van der Waals surface area contributed by atoms with Gasteiger partial charge in [-0.3, -0.25) is 4.79 Å². The second-order valence-electron chi connectivity index (χ2n) is 8.46. The van der Waals surface area contributed by atoms with Gasteiger partial charge in [0, 0.05) is 39.0 Å². The molecule has 1 atom stereocenters. The maximum absolute atomic E-state index is 12.3. The van der Waals surface area contributed by atoms with Crippen LogP contribution in [0.25, 0.3) is 0 Å². The number of allylic oxidation sites excluding steroid dienone is 1. The highest BCUT2D eigenvalue weighted by Crippen LogP contribution is 2.47. The van der Waals surface area contributed by atoms with E-state index in [2.05, 4.69) is 38.5 Å². The van der Waals surface area contributed by atoms with E-state index in [-0.39, 0.29) is 17.4 Å². The SMILES string of the molecule is C/C=C/C(=O)N1CC(C)(C)C1c1nccn1COCC[Si](C)(C)C. The first kappa shape index (κ1) is 18.9. The Hall–Kier alpha value is -1.40. The summed E-state index contributed by atoms with van der Waals surface area (Å²) in [6.45, 7) is 15.3. The van der Waals surface area contributed by atoms with Gasteiger partial charge in [0.05, 0.1) is 6.04 Å². The highest BCUT2D eigenvalue weighted by atomic mass is 28.3. The first-order valence-electron chi connectivity index (χ1n) is 8.68. The minimum absolute atomic E-state index is 0.00297. The van der Waals surface area contributed by atoms with Crippen LogP contribution < -0.4 is 0 Å². The summed E-state index contributed by atoms with van der Waals surface area (Å²) in [5.41, 5.74) is 0.0265.